The van der Waals surface area contributed by atoms with Gasteiger partial charge in [0.1, 0.15) is 0 Å². The first-order chi connectivity index (χ1) is 11.7. The molecule has 1 N–H and O–H groups in total. The highest BCUT2D eigenvalue weighted by molar-refractivity contribution is 7.10. The van der Waals surface area contributed by atoms with E-state index in [1.807, 2.05) is 42.6 Å². The van der Waals surface area contributed by atoms with Gasteiger partial charge in [0.05, 0.1) is 6.04 Å². The Labute approximate surface area is 147 Å². The van der Waals surface area contributed by atoms with Gasteiger partial charge in [-0.15, -0.1) is 11.3 Å². The molecule has 2 aromatic carbocycles. The highest BCUT2D eigenvalue weighted by Crippen LogP contribution is 2.27. The van der Waals surface area contributed by atoms with Gasteiger partial charge in [0, 0.05) is 10.4 Å². The minimum atomic E-state index is -0.121. The topological polar surface area (TPSA) is 29.1 Å². The average Bonchev–Trinajstić information content (AvgIpc) is 3.14. The first-order valence-electron chi connectivity index (χ1n) is 8.17. The highest BCUT2D eigenvalue weighted by atomic mass is 32.1. The van der Waals surface area contributed by atoms with E-state index in [1.165, 1.54) is 5.56 Å². The van der Waals surface area contributed by atoms with Crippen molar-refractivity contribution < 1.29 is 4.79 Å². The number of hydrogen-bond acceptors (Lipinski definition) is 2. The molecule has 24 heavy (non-hydrogen) atoms. The maximum atomic E-state index is 12.7. The van der Waals surface area contributed by atoms with Gasteiger partial charge in [0.2, 0.25) is 0 Å². The summed E-state index contributed by atoms with van der Waals surface area (Å²) in [5.41, 5.74) is 4.19. The fourth-order valence-corrected chi connectivity index (χ4v) is 3.52. The molecular weight excluding hydrogens is 314 g/mol. The maximum Gasteiger partial charge on any atom is 0.252 e. The van der Waals surface area contributed by atoms with Crippen molar-refractivity contribution in [3.8, 4) is 0 Å². The number of aryl methyl sites for hydroxylation is 2. The molecule has 0 aliphatic carbocycles. The number of carbonyl (C=O) groups excluding carboxylic acids is 1. The number of rotatable bonds is 5. The molecule has 3 aromatic rings. The van der Waals surface area contributed by atoms with Crippen molar-refractivity contribution in [2.45, 2.75) is 26.3 Å². The fraction of sp³-hybridized carbons (Fsp3) is 0.190. The zero-order valence-corrected chi connectivity index (χ0v) is 14.8. The minimum absolute atomic E-state index is 0.0448. The second kappa shape index (κ2) is 7.45. The number of thiophene rings is 1. The van der Waals surface area contributed by atoms with Crippen LogP contribution in [0.3, 0.4) is 0 Å². The highest BCUT2D eigenvalue weighted by Gasteiger charge is 2.18. The molecule has 0 unspecified atom stereocenters. The predicted octanol–water partition coefficient (Wildman–Crippen LogP) is 5.14. The number of carbonyl (C=O) groups is 1. The molecule has 1 aromatic heterocycles. The average molecular weight is 335 g/mol. The summed E-state index contributed by atoms with van der Waals surface area (Å²) in [6.07, 6.45) is 1.01. The summed E-state index contributed by atoms with van der Waals surface area (Å²) in [7, 11) is 0. The second-order valence-corrected chi connectivity index (χ2v) is 6.87. The summed E-state index contributed by atoms with van der Waals surface area (Å²) >= 11 is 1.66. The van der Waals surface area contributed by atoms with Crippen molar-refractivity contribution in [1.29, 1.82) is 0 Å². The smallest absolute Gasteiger partial charge is 0.252 e. The van der Waals surface area contributed by atoms with Gasteiger partial charge in [-0.25, -0.2) is 0 Å². The maximum absolute atomic E-state index is 12.7. The molecule has 0 aliphatic rings. The van der Waals surface area contributed by atoms with Gasteiger partial charge in [0.15, 0.2) is 0 Å². The zero-order valence-electron chi connectivity index (χ0n) is 14.0. The zero-order chi connectivity index (χ0) is 16.9. The van der Waals surface area contributed by atoms with Crippen LogP contribution in [0.5, 0.6) is 0 Å². The molecule has 0 radical (unpaired) electrons. The van der Waals surface area contributed by atoms with E-state index in [-0.39, 0.29) is 11.9 Å². The van der Waals surface area contributed by atoms with E-state index in [2.05, 4.69) is 42.6 Å². The standard InChI is InChI=1S/C21H21NOS/c1-3-16-9-11-17(12-10-16)20(19-8-5-13-24-19)22-21(23)18-7-4-6-15(2)14-18/h4-14,20H,3H2,1-2H3,(H,22,23)/t20-/m0/s1. The van der Waals surface area contributed by atoms with Crippen LogP contribution >= 0.6 is 11.3 Å². The van der Waals surface area contributed by atoms with Crippen LogP contribution in [-0.2, 0) is 6.42 Å². The molecule has 1 heterocycles. The summed E-state index contributed by atoms with van der Waals surface area (Å²) in [4.78, 5) is 13.8. The molecule has 122 valence electrons. The lowest BCUT2D eigenvalue weighted by Crippen LogP contribution is -2.28. The molecule has 3 heteroatoms. The van der Waals surface area contributed by atoms with Gasteiger partial charge >= 0.3 is 0 Å². The molecule has 0 spiro atoms. The van der Waals surface area contributed by atoms with Crippen LogP contribution in [0, 0.1) is 6.92 Å². The van der Waals surface area contributed by atoms with E-state index in [1.54, 1.807) is 11.3 Å². The summed E-state index contributed by atoms with van der Waals surface area (Å²) in [5.74, 6) is -0.0448. The van der Waals surface area contributed by atoms with E-state index < -0.39 is 0 Å². The third kappa shape index (κ3) is 3.74. The number of nitrogens with one attached hydrogen (secondary N) is 1. The van der Waals surface area contributed by atoms with E-state index >= 15 is 0 Å². The fourth-order valence-electron chi connectivity index (χ4n) is 2.72. The number of hydrogen-bond donors (Lipinski definition) is 1. The normalized spacial score (nSPS) is 11.9. The first kappa shape index (κ1) is 16.5. The molecule has 1 amide bonds. The Bertz CT molecular complexity index is 806. The van der Waals surface area contributed by atoms with Crippen LogP contribution in [0.1, 0.15) is 44.9 Å². The molecular formula is C21H21NOS. The Morgan fingerprint density at radius 3 is 2.50 bits per heavy atom. The molecule has 0 fully saturated rings. The van der Waals surface area contributed by atoms with Crippen LogP contribution < -0.4 is 5.32 Å². The van der Waals surface area contributed by atoms with Gasteiger partial charge in [-0.2, -0.15) is 0 Å². The lowest BCUT2D eigenvalue weighted by atomic mass is 10.0. The Morgan fingerprint density at radius 2 is 1.88 bits per heavy atom. The predicted molar refractivity (Wildman–Crippen MR) is 101 cm³/mol. The second-order valence-electron chi connectivity index (χ2n) is 5.89. The molecule has 2 nitrogen and oxygen atoms in total. The van der Waals surface area contributed by atoms with Crippen molar-refractivity contribution in [2.24, 2.45) is 0 Å². The van der Waals surface area contributed by atoms with Crippen LogP contribution in [0.25, 0.3) is 0 Å². The SMILES string of the molecule is CCc1ccc([C@H](NC(=O)c2cccc(C)c2)c2cccs2)cc1. The lowest BCUT2D eigenvalue weighted by molar-refractivity contribution is 0.0943. The number of amides is 1. The monoisotopic (exact) mass is 335 g/mol. The first-order valence-corrected chi connectivity index (χ1v) is 9.05. The van der Waals surface area contributed by atoms with Crippen LogP contribution in [0.2, 0.25) is 0 Å². The van der Waals surface area contributed by atoms with E-state index in [0.717, 1.165) is 22.4 Å². The summed E-state index contributed by atoms with van der Waals surface area (Å²) in [6.45, 7) is 4.14. The molecule has 0 aliphatic heterocycles. The summed E-state index contributed by atoms with van der Waals surface area (Å²) < 4.78 is 0. The van der Waals surface area contributed by atoms with Crippen LogP contribution in [0.15, 0.2) is 66.0 Å². The summed E-state index contributed by atoms with van der Waals surface area (Å²) in [6, 6.07) is 20.1. The van der Waals surface area contributed by atoms with Crippen molar-refractivity contribution in [3.05, 3.63) is 93.2 Å². The Hall–Kier alpha value is -2.39. The molecule has 0 saturated heterocycles. The molecule has 0 saturated carbocycles. The van der Waals surface area contributed by atoms with E-state index in [0.29, 0.717) is 5.56 Å². The van der Waals surface area contributed by atoms with Crippen molar-refractivity contribution in [1.82, 2.24) is 5.32 Å². The molecule has 3 rings (SSSR count). The quantitative estimate of drug-likeness (QED) is 0.687. The largest absolute Gasteiger partial charge is 0.340 e. The van der Waals surface area contributed by atoms with Crippen molar-refractivity contribution in [3.63, 3.8) is 0 Å². The van der Waals surface area contributed by atoms with Gasteiger partial charge < -0.3 is 5.32 Å². The van der Waals surface area contributed by atoms with Gasteiger partial charge in [-0.1, -0.05) is 55.0 Å². The third-order valence-electron chi connectivity index (χ3n) is 4.10. The molecule has 1 atom stereocenters. The molecule has 0 bridgehead atoms. The summed E-state index contributed by atoms with van der Waals surface area (Å²) in [5, 5.41) is 5.23. The van der Waals surface area contributed by atoms with E-state index in [9.17, 15) is 4.79 Å². The van der Waals surface area contributed by atoms with Crippen LogP contribution in [0.4, 0.5) is 0 Å². The minimum Gasteiger partial charge on any atom is -0.340 e. The number of benzene rings is 2. The Kier molecular flexibility index (Phi) is 5.11. The Balaban J connectivity index is 1.89. The Morgan fingerprint density at radius 1 is 1.08 bits per heavy atom. The van der Waals surface area contributed by atoms with Crippen molar-refractivity contribution in [2.75, 3.05) is 0 Å². The van der Waals surface area contributed by atoms with Gasteiger partial charge in [0.25, 0.3) is 5.91 Å². The van der Waals surface area contributed by atoms with Crippen LogP contribution in [-0.4, -0.2) is 5.91 Å². The lowest BCUT2D eigenvalue weighted by Gasteiger charge is -2.19. The van der Waals surface area contributed by atoms with Gasteiger partial charge in [-0.05, 0) is 48.1 Å². The van der Waals surface area contributed by atoms with Crippen molar-refractivity contribution >= 4 is 17.2 Å². The van der Waals surface area contributed by atoms with E-state index in [4.69, 9.17) is 0 Å². The third-order valence-corrected chi connectivity index (χ3v) is 5.04. The van der Waals surface area contributed by atoms with Gasteiger partial charge in [-0.3, -0.25) is 4.79 Å².